The molecule has 19 heavy (non-hydrogen) atoms. The molecule has 1 atom stereocenters. The summed E-state index contributed by atoms with van der Waals surface area (Å²) in [5, 5.41) is 3.31. The number of carbonyl (C=O) groups excluding carboxylic acids is 1. The van der Waals surface area contributed by atoms with Gasteiger partial charge in [0, 0.05) is 32.1 Å². The Morgan fingerprint density at radius 1 is 1.42 bits per heavy atom. The van der Waals surface area contributed by atoms with Crippen LogP contribution in [0.3, 0.4) is 0 Å². The van der Waals surface area contributed by atoms with Gasteiger partial charge in [0.15, 0.2) is 0 Å². The van der Waals surface area contributed by atoms with E-state index in [-0.39, 0.29) is 18.3 Å². The van der Waals surface area contributed by atoms with Crippen molar-refractivity contribution in [2.75, 3.05) is 19.6 Å². The number of hydrogen-bond donors (Lipinski definition) is 1. The van der Waals surface area contributed by atoms with Gasteiger partial charge >= 0.3 is 0 Å². The Balaban J connectivity index is 0.00000180. The molecule has 1 aromatic rings. The van der Waals surface area contributed by atoms with Gasteiger partial charge in [-0.15, -0.1) is 12.4 Å². The number of amides is 1. The lowest BCUT2D eigenvalue weighted by Crippen LogP contribution is -2.52. The number of halogens is 1. The van der Waals surface area contributed by atoms with E-state index in [0.29, 0.717) is 12.5 Å². The van der Waals surface area contributed by atoms with E-state index >= 15 is 0 Å². The summed E-state index contributed by atoms with van der Waals surface area (Å²) in [5.41, 5.74) is 2.56. The normalized spacial score (nSPS) is 18.8. The highest BCUT2D eigenvalue weighted by Crippen LogP contribution is 2.12. The van der Waals surface area contributed by atoms with Crippen LogP contribution in [0.15, 0.2) is 24.3 Å². The molecule has 1 aliphatic rings. The van der Waals surface area contributed by atoms with Crippen LogP contribution < -0.4 is 5.32 Å². The van der Waals surface area contributed by atoms with Crippen LogP contribution in [-0.2, 0) is 11.2 Å². The Labute approximate surface area is 121 Å². The maximum Gasteiger partial charge on any atom is 0.223 e. The Bertz CT molecular complexity index is 422. The molecule has 1 aromatic carbocycles. The lowest BCUT2D eigenvalue weighted by atomic mass is 10.0. The number of rotatable bonds is 3. The lowest BCUT2D eigenvalue weighted by molar-refractivity contribution is -0.133. The van der Waals surface area contributed by atoms with E-state index in [4.69, 9.17) is 0 Å². The third kappa shape index (κ3) is 4.22. The summed E-state index contributed by atoms with van der Waals surface area (Å²) in [6.45, 7) is 6.88. The fraction of sp³-hybridized carbons (Fsp3) is 0.533. The monoisotopic (exact) mass is 282 g/mol. The highest BCUT2D eigenvalue weighted by atomic mass is 35.5. The second kappa shape index (κ2) is 7.51. The molecule has 0 radical (unpaired) electrons. The van der Waals surface area contributed by atoms with E-state index in [9.17, 15) is 4.79 Å². The van der Waals surface area contributed by atoms with Crippen LogP contribution in [0.1, 0.15) is 24.5 Å². The summed E-state index contributed by atoms with van der Waals surface area (Å²) in [6.07, 6.45) is 1.47. The average molecular weight is 283 g/mol. The summed E-state index contributed by atoms with van der Waals surface area (Å²) in [4.78, 5) is 14.2. The van der Waals surface area contributed by atoms with Crippen molar-refractivity contribution in [1.82, 2.24) is 10.2 Å². The zero-order valence-corrected chi connectivity index (χ0v) is 12.5. The Morgan fingerprint density at radius 3 is 2.84 bits per heavy atom. The molecule has 0 bridgehead atoms. The lowest BCUT2D eigenvalue weighted by Gasteiger charge is -2.34. The molecule has 3 nitrogen and oxygen atoms in total. The molecule has 0 aromatic heterocycles. The molecule has 1 aliphatic heterocycles. The Hall–Kier alpha value is -1.06. The van der Waals surface area contributed by atoms with Crippen LogP contribution in [0.25, 0.3) is 0 Å². The number of benzene rings is 1. The topological polar surface area (TPSA) is 32.3 Å². The van der Waals surface area contributed by atoms with Crippen molar-refractivity contribution >= 4 is 18.3 Å². The van der Waals surface area contributed by atoms with E-state index in [1.807, 2.05) is 17.0 Å². The van der Waals surface area contributed by atoms with Crippen molar-refractivity contribution in [2.45, 2.75) is 32.7 Å². The molecular weight excluding hydrogens is 260 g/mol. The standard InChI is InChI=1S/C15H22N2O.ClH/c1-12-5-3-4-6-14(12)7-8-15(18)17-10-9-16-11-13(17)2;/h3-6,13,16H,7-11H2,1-2H3;1H/t13-;/m1./s1. The summed E-state index contributed by atoms with van der Waals surface area (Å²) in [7, 11) is 0. The summed E-state index contributed by atoms with van der Waals surface area (Å²) in [6, 6.07) is 8.62. The minimum Gasteiger partial charge on any atom is -0.337 e. The predicted octanol–water partition coefficient (Wildman–Crippen LogP) is 2.17. The maximum absolute atomic E-state index is 12.2. The van der Waals surface area contributed by atoms with Gasteiger partial charge in [-0.2, -0.15) is 0 Å². The number of hydrogen-bond acceptors (Lipinski definition) is 2. The third-order valence-corrected chi connectivity index (χ3v) is 3.69. The van der Waals surface area contributed by atoms with Crippen LogP contribution in [0, 0.1) is 6.92 Å². The second-order valence-corrected chi connectivity index (χ2v) is 5.07. The van der Waals surface area contributed by atoms with Crippen LogP contribution in [-0.4, -0.2) is 36.5 Å². The van der Waals surface area contributed by atoms with Gasteiger partial charge in [0.25, 0.3) is 0 Å². The largest absolute Gasteiger partial charge is 0.337 e. The van der Waals surface area contributed by atoms with E-state index in [2.05, 4.69) is 31.3 Å². The molecule has 106 valence electrons. The average Bonchev–Trinajstić information content (AvgIpc) is 2.38. The molecule has 2 rings (SSSR count). The van der Waals surface area contributed by atoms with Gasteiger partial charge in [-0.25, -0.2) is 0 Å². The van der Waals surface area contributed by atoms with Crippen molar-refractivity contribution in [2.24, 2.45) is 0 Å². The van der Waals surface area contributed by atoms with E-state index in [1.54, 1.807) is 0 Å². The SMILES string of the molecule is Cc1ccccc1CCC(=O)N1CCNC[C@H]1C.Cl. The van der Waals surface area contributed by atoms with Crippen LogP contribution >= 0.6 is 12.4 Å². The number of piperazine rings is 1. The molecule has 0 unspecified atom stereocenters. The molecule has 1 amide bonds. The van der Waals surface area contributed by atoms with Crippen molar-refractivity contribution in [3.63, 3.8) is 0 Å². The van der Waals surface area contributed by atoms with E-state index in [1.165, 1.54) is 11.1 Å². The van der Waals surface area contributed by atoms with Crippen molar-refractivity contribution in [3.05, 3.63) is 35.4 Å². The number of nitrogens with one attached hydrogen (secondary N) is 1. The van der Waals surface area contributed by atoms with Crippen LogP contribution in [0.4, 0.5) is 0 Å². The first-order chi connectivity index (χ1) is 8.68. The first kappa shape index (κ1) is 16.0. The fourth-order valence-electron chi connectivity index (χ4n) is 2.49. The minimum absolute atomic E-state index is 0. The first-order valence-corrected chi connectivity index (χ1v) is 6.73. The second-order valence-electron chi connectivity index (χ2n) is 5.07. The van der Waals surface area contributed by atoms with Gasteiger partial charge < -0.3 is 10.2 Å². The maximum atomic E-state index is 12.2. The molecule has 1 heterocycles. The van der Waals surface area contributed by atoms with Crippen molar-refractivity contribution in [3.8, 4) is 0 Å². The molecule has 1 fully saturated rings. The Kier molecular flexibility index (Phi) is 6.32. The Morgan fingerprint density at radius 2 is 2.16 bits per heavy atom. The molecule has 4 heteroatoms. The van der Waals surface area contributed by atoms with Crippen LogP contribution in [0.2, 0.25) is 0 Å². The highest BCUT2D eigenvalue weighted by Gasteiger charge is 2.22. The number of nitrogens with zero attached hydrogens (tertiary/aromatic N) is 1. The molecule has 1 saturated heterocycles. The summed E-state index contributed by atoms with van der Waals surface area (Å²) in [5.74, 6) is 0.284. The van der Waals surface area contributed by atoms with E-state index in [0.717, 1.165) is 26.1 Å². The third-order valence-electron chi connectivity index (χ3n) is 3.69. The van der Waals surface area contributed by atoms with Crippen molar-refractivity contribution < 1.29 is 4.79 Å². The van der Waals surface area contributed by atoms with Gasteiger partial charge in [0.1, 0.15) is 0 Å². The minimum atomic E-state index is 0. The summed E-state index contributed by atoms with van der Waals surface area (Å²) >= 11 is 0. The van der Waals surface area contributed by atoms with Gasteiger partial charge in [0.2, 0.25) is 5.91 Å². The molecule has 0 saturated carbocycles. The van der Waals surface area contributed by atoms with Gasteiger partial charge in [-0.05, 0) is 31.4 Å². The van der Waals surface area contributed by atoms with Gasteiger partial charge in [0.05, 0.1) is 0 Å². The smallest absolute Gasteiger partial charge is 0.223 e. The zero-order valence-electron chi connectivity index (χ0n) is 11.7. The van der Waals surface area contributed by atoms with E-state index < -0.39 is 0 Å². The van der Waals surface area contributed by atoms with Gasteiger partial charge in [-0.1, -0.05) is 24.3 Å². The first-order valence-electron chi connectivity index (χ1n) is 6.73. The number of aryl methyl sites for hydroxylation is 2. The highest BCUT2D eigenvalue weighted by molar-refractivity contribution is 5.85. The molecule has 0 aliphatic carbocycles. The summed E-state index contributed by atoms with van der Waals surface area (Å²) < 4.78 is 0. The van der Waals surface area contributed by atoms with Crippen LogP contribution in [0.5, 0.6) is 0 Å². The predicted molar refractivity (Wildman–Crippen MR) is 80.8 cm³/mol. The zero-order chi connectivity index (χ0) is 13.0. The van der Waals surface area contributed by atoms with Crippen molar-refractivity contribution in [1.29, 1.82) is 0 Å². The quantitative estimate of drug-likeness (QED) is 0.922. The number of carbonyl (C=O) groups is 1. The fourth-order valence-corrected chi connectivity index (χ4v) is 2.49. The molecular formula is C15H23ClN2O. The molecule has 0 spiro atoms. The van der Waals surface area contributed by atoms with Gasteiger partial charge in [-0.3, -0.25) is 4.79 Å². The molecule has 1 N–H and O–H groups in total.